The highest BCUT2D eigenvalue weighted by atomic mass is 19.4. The van der Waals surface area contributed by atoms with Crippen LogP contribution in [0.2, 0.25) is 0 Å². The molecule has 1 unspecified atom stereocenters. The van der Waals surface area contributed by atoms with E-state index in [-0.39, 0.29) is 24.2 Å². The fourth-order valence-corrected chi connectivity index (χ4v) is 3.06. The van der Waals surface area contributed by atoms with Crippen molar-refractivity contribution in [1.82, 2.24) is 0 Å². The Morgan fingerprint density at radius 1 is 1.03 bits per heavy atom. The molecule has 4 nitrogen and oxygen atoms in total. The van der Waals surface area contributed by atoms with Gasteiger partial charge in [-0.05, 0) is 48.3 Å². The Balaban J connectivity index is 2.80. The molecule has 2 rings (SSSR count). The number of nitriles is 2. The minimum atomic E-state index is -5.05. The number of rotatable bonds is 6. The number of hydrogen-bond acceptors (Lipinski definition) is 4. The van der Waals surface area contributed by atoms with Crippen LogP contribution >= 0.6 is 0 Å². The van der Waals surface area contributed by atoms with Crippen LogP contribution < -0.4 is 0 Å². The van der Waals surface area contributed by atoms with E-state index in [1.54, 1.807) is 12.1 Å². The highest BCUT2D eigenvalue weighted by Crippen LogP contribution is 2.42. The van der Waals surface area contributed by atoms with Gasteiger partial charge in [0.1, 0.15) is 5.54 Å². The van der Waals surface area contributed by atoms with Crippen LogP contribution in [0.1, 0.15) is 37.0 Å². The third-order valence-corrected chi connectivity index (χ3v) is 4.64. The topological polar surface area (TPSA) is 72.3 Å². The molecule has 0 radical (unpaired) electrons. The van der Waals surface area contributed by atoms with E-state index < -0.39 is 40.5 Å². The SMILES string of the molecule is CC(C)CCN=C(C(C#N)C#N)C1(c2cc(C(F)(F)F)cc(C(F)(F)F)c2)C=CC=N1. The second-order valence-electron chi connectivity index (χ2n) is 7.34. The van der Waals surface area contributed by atoms with Gasteiger partial charge in [-0.2, -0.15) is 36.9 Å². The van der Waals surface area contributed by atoms with Gasteiger partial charge in [0.15, 0.2) is 5.92 Å². The van der Waals surface area contributed by atoms with E-state index in [0.717, 1.165) is 0 Å². The molecule has 31 heavy (non-hydrogen) atoms. The summed E-state index contributed by atoms with van der Waals surface area (Å²) in [6.45, 7) is 3.92. The highest BCUT2D eigenvalue weighted by Gasteiger charge is 2.44. The molecule has 0 amide bonds. The molecule has 1 aliphatic rings. The number of halogens is 6. The number of hydrogen-bond donors (Lipinski definition) is 0. The van der Waals surface area contributed by atoms with E-state index in [2.05, 4.69) is 9.98 Å². The first-order valence-corrected chi connectivity index (χ1v) is 9.22. The first kappa shape index (κ1) is 24.1. The zero-order valence-electron chi connectivity index (χ0n) is 16.6. The summed E-state index contributed by atoms with van der Waals surface area (Å²) in [5.41, 5.74) is -5.64. The molecule has 0 fully saturated rings. The monoisotopic (exact) mass is 440 g/mol. The first-order valence-electron chi connectivity index (χ1n) is 9.22. The van der Waals surface area contributed by atoms with Gasteiger partial charge in [0.25, 0.3) is 0 Å². The molecule has 0 aliphatic carbocycles. The van der Waals surface area contributed by atoms with Crippen LogP contribution in [0.3, 0.4) is 0 Å². The minimum Gasteiger partial charge on any atom is -0.288 e. The van der Waals surface area contributed by atoms with Crippen molar-refractivity contribution in [3.05, 3.63) is 47.0 Å². The molecule has 0 bridgehead atoms. The molecule has 1 aromatic carbocycles. The maximum Gasteiger partial charge on any atom is 0.416 e. The quantitative estimate of drug-likeness (QED) is 0.420. The average Bonchev–Trinajstić information content (AvgIpc) is 3.16. The van der Waals surface area contributed by atoms with E-state index in [1.807, 2.05) is 13.8 Å². The zero-order chi connectivity index (χ0) is 23.4. The summed E-state index contributed by atoms with van der Waals surface area (Å²) >= 11 is 0. The molecule has 0 aromatic heterocycles. The Morgan fingerprint density at radius 2 is 1.58 bits per heavy atom. The summed E-state index contributed by atoms with van der Waals surface area (Å²) in [7, 11) is 0. The Morgan fingerprint density at radius 3 is 1.97 bits per heavy atom. The van der Waals surface area contributed by atoms with Gasteiger partial charge in [-0.3, -0.25) is 9.98 Å². The third-order valence-electron chi connectivity index (χ3n) is 4.64. The second kappa shape index (κ2) is 8.93. The summed E-state index contributed by atoms with van der Waals surface area (Å²) in [6.07, 6.45) is -5.80. The van der Waals surface area contributed by atoms with Crippen molar-refractivity contribution in [3.63, 3.8) is 0 Å². The summed E-state index contributed by atoms with van der Waals surface area (Å²) in [5.74, 6) is -1.33. The molecule has 164 valence electrons. The van der Waals surface area contributed by atoms with Crippen molar-refractivity contribution in [2.45, 2.75) is 38.2 Å². The predicted molar refractivity (Wildman–Crippen MR) is 102 cm³/mol. The van der Waals surface area contributed by atoms with E-state index in [0.29, 0.717) is 18.6 Å². The van der Waals surface area contributed by atoms with Gasteiger partial charge in [-0.1, -0.05) is 13.8 Å². The van der Waals surface area contributed by atoms with E-state index in [9.17, 15) is 36.9 Å². The number of aliphatic imine (C=N–C) groups is 2. The van der Waals surface area contributed by atoms with Crippen molar-refractivity contribution >= 4 is 11.9 Å². The third kappa shape index (κ3) is 5.32. The normalized spacial score (nSPS) is 19.2. The molecule has 0 saturated carbocycles. The van der Waals surface area contributed by atoms with Crippen molar-refractivity contribution in [1.29, 1.82) is 10.5 Å². The lowest BCUT2D eigenvalue weighted by molar-refractivity contribution is -0.143. The maximum atomic E-state index is 13.4. The molecular weight excluding hydrogens is 422 g/mol. The van der Waals surface area contributed by atoms with Crippen molar-refractivity contribution in [2.75, 3.05) is 6.54 Å². The van der Waals surface area contributed by atoms with Gasteiger partial charge in [-0.25, -0.2) is 0 Å². The van der Waals surface area contributed by atoms with Crippen LogP contribution in [0.15, 0.2) is 40.3 Å². The number of alkyl halides is 6. The van der Waals surface area contributed by atoms with Crippen molar-refractivity contribution in [3.8, 4) is 12.1 Å². The lowest BCUT2D eigenvalue weighted by Crippen LogP contribution is -2.36. The van der Waals surface area contributed by atoms with Gasteiger partial charge in [0.2, 0.25) is 0 Å². The van der Waals surface area contributed by atoms with E-state index >= 15 is 0 Å². The lowest BCUT2D eigenvalue weighted by Gasteiger charge is -2.29. The van der Waals surface area contributed by atoms with Crippen LogP contribution in [0, 0.1) is 34.5 Å². The Labute approximate surface area is 175 Å². The molecule has 0 saturated heterocycles. The van der Waals surface area contributed by atoms with Crippen molar-refractivity contribution in [2.24, 2.45) is 21.8 Å². The molecule has 1 heterocycles. The first-order chi connectivity index (χ1) is 14.3. The smallest absolute Gasteiger partial charge is 0.288 e. The zero-order valence-corrected chi connectivity index (χ0v) is 16.6. The number of nitrogens with zero attached hydrogens (tertiary/aromatic N) is 4. The van der Waals surface area contributed by atoms with Gasteiger partial charge in [-0.15, -0.1) is 0 Å². The maximum absolute atomic E-state index is 13.4. The molecule has 0 N–H and O–H groups in total. The fraction of sp³-hybridized carbons (Fsp3) is 0.429. The highest BCUT2D eigenvalue weighted by molar-refractivity contribution is 6.04. The molecule has 1 atom stereocenters. The molecule has 10 heteroatoms. The summed E-state index contributed by atoms with van der Waals surface area (Å²) in [4.78, 5) is 8.36. The molecule has 1 aliphatic heterocycles. The molecular formula is C21H18F6N4. The summed E-state index contributed by atoms with van der Waals surface area (Å²) < 4.78 is 80.2. The van der Waals surface area contributed by atoms with E-state index in [1.165, 1.54) is 18.4 Å². The second-order valence-corrected chi connectivity index (χ2v) is 7.34. The molecule has 0 spiro atoms. The standard InChI is InChI=1S/C21H18F6N4/c1-13(2)4-7-30-18(14(11-28)12-29)19(5-3-6-31-19)15-8-16(20(22,23)24)10-17(9-15)21(25,26)27/h3,5-6,8-10,13-14H,4,7H2,1-2H3. The predicted octanol–water partition coefficient (Wildman–Crippen LogP) is 5.71. The van der Waals surface area contributed by atoms with Gasteiger partial charge in [0, 0.05) is 12.8 Å². The number of benzene rings is 1. The van der Waals surface area contributed by atoms with Crippen LogP contribution in [0.25, 0.3) is 0 Å². The van der Waals surface area contributed by atoms with Crippen LogP contribution in [0.4, 0.5) is 26.3 Å². The summed E-state index contributed by atoms with van der Waals surface area (Å²) in [5, 5.41) is 18.8. The van der Waals surface area contributed by atoms with Gasteiger partial charge >= 0.3 is 12.4 Å². The molecule has 1 aromatic rings. The van der Waals surface area contributed by atoms with Crippen LogP contribution in [0.5, 0.6) is 0 Å². The average molecular weight is 440 g/mol. The largest absolute Gasteiger partial charge is 0.416 e. The van der Waals surface area contributed by atoms with Gasteiger partial charge in [0.05, 0.1) is 29.0 Å². The fourth-order valence-electron chi connectivity index (χ4n) is 3.06. The van der Waals surface area contributed by atoms with Crippen LogP contribution in [-0.4, -0.2) is 18.5 Å². The Kier molecular flexibility index (Phi) is 6.95. The van der Waals surface area contributed by atoms with Crippen LogP contribution in [-0.2, 0) is 17.9 Å². The Hall–Kier alpha value is -3.14. The van der Waals surface area contributed by atoms with E-state index in [4.69, 9.17) is 0 Å². The minimum absolute atomic E-state index is 0.0151. The Bertz CT molecular complexity index is 929. The lowest BCUT2D eigenvalue weighted by atomic mass is 9.79. The van der Waals surface area contributed by atoms with Crippen molar-refractivity contribution < 1.29 is 26.3 Å². The summed E-state index contributed by atoms with van der Waals surface area (Å²) in [6, 6.07) is 4.52. The van der Waals surface area contributed by atoms with Gasteiger partial charge < -0.3 is 0 Å². The number of allylic oxidation sites excluding steroid dienone is 1.